The molecular weight excluding hydrogens is 398 g/mol. The van der Waals surface area contributed by atoms with Crippen molar-refractivity contribution in [3.8, 4) is 22.8 Å². The fourth-order valence-corrected chi connectivity index (χ4v) is 4.07. The van der Waals surface area contributed by atoms with Crippen LogP contribution in [0.15, 0.2) is 60.7 Å². The molecule has 152 valence electrons. The highest BCUT2D eigenvalue weighted by Gasteiger charge is 2.18. The number of anilines is 2. The molecule has 7 heteroatoms. The van der Waals surface area contributed by atoms with Gasteiger partial charge in [0, 0.05) is 16.6 Å². The number of aromatic nitrogens is 1. The van der Waals surface area contributed by atoms with Gasteiger partial charge in [0.15, 0.2) is 0 Å². The molecule has 0 unspecified atom stereocenters. The Morgan fingerprint density at radius 1 is 1.03 bits per heavy atom. The zero-order chi connectivity index (χ0) is 21.1. The van der Waals surface area contributed by atoms with E-state index in [1.165, 1.54) is 11.3 Å². The molecule has 2 aromatic carbocycles. The minimum atomic E-state index is -0.259. The molecule has 0 saturated carbocycles. The highest BCUT2D eigenvalue weighted by molar-refractivity contribution is 7.21. The van der Waals surface area contributed by atoms with E-state index in [1.54, 1.807) is 19.2 Å². The van der Waals surface area contributed by atoms with E-state index in [9.17, 15) is 4.79 Å². The minimum absolute atomic E-state index is 0.259. The van der Waals surface area contributed by atoms with Gasteiger partial charge in [-0.2, -0.15) is 0 Å². The third-order valence-electron chi connectivity index (χ3n) is 4.61. The molecule has 0 bridgehead atoms. The Balaban J connectivity index is 1.59. The van der Waals surface area contributed by atoms with Crippen LogP contribution in [0.5, 0.6) is 11.5 Å². The summed E-state index contributed by atoms with van der Waals surface area (Å²) in [7, 11) is 1.63. The Bertz CT molecular complexity index is 1190. The largest absolute Gasteiger partial charge is 0.497 e. The molecule has 30 heavy (non-hydrogen) atoms. The van der Waals surface area contributed by atoms with Crippen molar-refractivity contribution in [2.24, 2.45) is 0 Å². The number of hydrogen-bond donors (Lipinski definition) is 2. The molecule has 0 aliphatic rings. The summed E-state index contributed by atoms with van der Waals surface area (Å²) in [6.45, 7) is 2.52. The second-order valence-corrected chi connectivity index (χ2v) is 7.53. The number of carbonyl (C=O) groups excluding carboxylic acids is 1. The number of pyridine rings is 1. The molecule has 3 N–H and O–H groups in total. The van der Waals surface area contributed by atoms with Gasteiger partial charge >= 0.3 is 0 Å². The maximum atomic E-state index is 12.8. The Hall–Kier alpha value is -3.58. The number of nitrogens with zero attached hydrogens (tertiary/aromatic N) is 1. The van der Waals surface area contributed by atoms with Gasteiger partial charge in [0.25, 0.3) is 5.91 Å². The molecule has 0 atom stereocenters. The van der Waals surface area contributed by atoms with Gasteiger partial charge in [0.2, 0.25) is 0 Å². The molecule has 0 aliphatic heterocycles. The quantitative estimate of drug-likeness (QED) is 0.448. The van der Waals surface area contributed by atoms with Crippen LogP contribution in [-0.4, -0.2) is 24.6 Å². The summed E-state index contributed by atoms with van der Waals surface area (Å²) in [4.78, 5) is 18.7. The number of rotatable bonds is 6. The summed E-state index contributed by atoms with van der Waals surface area (Å²) in [5, 5.41) is 3.65. The van der Waals surface area contributed by atoms with E-state index >= 15 is 0 Å². The number of benzene rings is 2. The monoisotopic (exact) mass is 419 g/mol. The van der Waals surface area contributed by atoms with E-state index in [2.05, 4.69) is 5.32 Å². The Morgan fingerprint density at radius 3 is 2.40 bits per heavy atom. The molecular formula is C23H21N3O3S. The third-order valence-corrected chi connectivity index (χ3v) is 5.72. The van der Waals surface area contributed by atoms with Gasteiger partial charge in [-0.25, -0.2) is 4.98 Å². The van der Waals surface area contributed by atoms with Gasteiger partial charge in [-0.15, -0.1) is 11.3 Å². The van der Waals surface area contributed by atoms with E-state index in [-0.39, 0.29) is 5.91 Å². The number of carbonyl (C=O) groups is 1. The van der Waals surface area contributed by atoms with Crippen LogP contribution in [0, 0.1) is 0 Å². The summed E-state index contributed by atoms with van der Waals surface area (Å²) in [5.41, 5.74) is 9.14. The molecule has 4 rings (SSSR count). The summed E-state index contributed by atoms with van der Waals surface area (Å²) in [6, 6.07) is 18.7. The number of hydrogen-bond acceptors (Lipinski definition) is 6. The van der Waals surface area contributed by atoms with Crippen LogP contribution in [0.3, 0.4) is 0 Å². The number of nitrogen functional groups attached to an aromatic ring is 1. The first-order valence-corrected chi connectivity index (χ1v) is 10.3. The summed E-state index contributed by atoms with van der Waals surface area (Å²) in [5.74, 6) is 1.28. The first-order chi connectivity index (χ1) is 14.6. The zero-order valence-corrected chi connectivity index (χ0v) is 17.5. The van der Waals surface area contributed by atoms with Crippen LogP contribution in [-0.2, 0) is 0 Å². The Morgan fingerprint density at radius 2 is 1.73 bits per heavy atom. The predicted molar refractivity (Wildman–Crippen MR) is 122 cm³/mol. The number of nitrogens with two attached hydrogens (primary N) is 1. The van der Waals surface area contributed by atoms with Crippen molar-refractivity contribution in [3.05, 3.63) is 65.5 Å². The van der Waals surface area contributed by atoms with Crippen LogP contribution in [0.25, 0.3) is 21.5 Å². The number of fused-ring (bicyclic) bond motifs is 1. The van der Waals surface area contributed by atoms with Crippen LogP contribution in [0.4, 0.5) is 11.4 Å². The Labute approximate surface area is 178 Å². The maximum absolute atomic E-state index is 12.8. The fourth-order valence-electron chi connectivity index (χ4n) is 3.08. The van der Waals surface area contributed by atoms with Crippen molar-refractivity contribution in [3.63, 3.8) is 0 Å². The fraction of sp³-hybridized carbons (Fsp3) is 0.130. The smallest absolute Gasteiger partial charge is 0.267 e. The van der Waals surface area contributed by atoms with E-state index in [0.717, 1.165) is 33.0 Å². The standard InChI is InChI=1S/C23H21N3O3S/c1-3-29-17-10-6-15(7-11-17)25-22(27)21-20(24)18-12-13-19(26-23(18)30-21)14-4-8-16(28-2)9-5-14/h4-13H,3,24H2,1-2H3,(H,25,27). The highest BCUT2D eigenvalue weighted by Crippen LogP contribution is 2.35. The molecule has 0 saturated heterocycles. The molecule has 0 radical (unpaired) electrons. The number of amides is 1. The van der Waals surface area contributed by atoms with Crippen molar-refractivity contribution < 1.29 is 14.3 Å². The zero-order valence-electron chi connectivity index (χ0n) is 16.6. The van der Waals surface area contributed by atoms with Gasteiger partial charge < -0.3 is 20.5 Å². The Kier molecular flexibility index (Phi) is 5.54. The predicted octanol–water partition coefficient (Wildman–Crippen LogP) is 5.21. The van der Waals surface area contributed by atoms with E-state index in [1.807, 2.05) is 55.5 Å². The van der Waals surface area contributed by atoms with Crippen LogP contribution < -0.4 is 20.5 Å². The van der Waals surface area contributed by atoms with Gasteiger partial charge in [-0.3, -0.25) is 4.79 Å². The molecule has 0 aliphatic carbocycles. The van der Waals surface area contributed by atoms with Gasteiger partial charge in [-0.05, 0) is 67.6 Å². The van der Waals surface area contributed by atoms with Crippen molar-refractivity contribution in [1.29, 1.82) is 0 Å². The van der Waals surface area contributed by atoms with E-state index in [4.69, 9.17) is 20.2 Å². The molecule has 2 heterocycles. The molecule has 2 aromatic heterocycles. The summed E-state index contributed by atoms with van der Waals surface area (Å²) >= 11 is 1.28. The van der Waals surface area contributed by atoms with Crippen molar-refractivity contribution >= 4 is 38.8 Å². The topological polar surface area (TPSA) is 86.5 Å². The molecule has 1 amide bonds. The average molecular weight is 420 g/mol. The highest BCUT2D eigenvalue weighted by atomic mass is 32.1. The summed E-state index contributed by atoms with van der Waals surface area (Å²) in [6.07, 6.45) is 0. The van der Waals surface area contributed by atoms with Crippen molar-refractivity contribution in [2.45, 2.75) is 6.92 Å². The maximum Gasteiger partial charge on any atom is 0.267 e. The summed E-state index contributed by atoms with van der Waals surface area (Å²) < 4.78 is 10.6. The number of methoxy groups -OCH3 is 1. The first kappa shape index (κ1) is 19.7. The third kappa shape index (κ3) is 3.92. The van der Waals surface area contributed by atoms with Crippen LogP contribution in [0.1, 0.15) is 16.6 Å². The number of ether oxygens (including phenoxy) is 2. The average Bonchev–Trinajstić information content (AvgIpc) is 3.11. The molecule has 4 aromatic rings. The van der Waals surface area contributed by atoms with E-state index < -0.39 is 0 Å². The van der Waals surface area contributed by atoms with Crippen LogP contribution in [0.2, 0.25) is 0 Å². The lowest BCUT2D eigenvalue weighted by atomic mass is 10.1. The second-order valence-electron chi connectivity index (χ2n) is 6.53. The van der Waals surface area contributed by atoms with Crippen molar-refractivity contribution in [2.75, 3.05) is 24.8 Å². The normalized spacial score (nSPS) is 10.7. The lowest BCUT2D eigenvalue weighted by Gasteiger charge is -2.06. The van der Waals surface area contributed by atoms with Gasteiger partial charge in [0.1, 0.15) is 21.2 Å². The van der Waals surface area contributed by atoms with E-state index in [0.29, 0.717) is 22.9 Å². The van der Waals surface area contributed by atoms with Crippen molar-refractivity contribution in [1.82, 2.24) is 4.98 Å². The SMILES string of the molecule is CCOc1ccc(NC(=O)c2sc3nc(-c4ccc(OC)cc4)ccc3c2N)cc1. The molecule has 0 spiro atoms. The molecule has 6 nitrogen and oxygen atoms in total. The number of thiophene rings is 1. The van der Waals surface area contributed by atoms with Crippen LogP contribution >= 0.6 is 11.3 Å². The molecule has 0 fully saturated rings. The lowest BCUT2D eigenvalue weighted by molar-refractivity contribution is 0.103. The number of nitrogens with one attached hydrogen (secondary N) is 1. The van der Waals surface area contributed by atoms with Gasteiger partial charge in [-0.1, -0.05) is 0 Å². The lowest BCUT2D eigenvalue weighted by Crippen LogP contribution is -2.11. The van der Waals surface area contributed by atoms with Gasteiger partial charge in [0.05, 0.1) is 25.1 Å². The minimum Gasteiger partial charge on any atom is -0.497 e. The second kappa shape index (κ2) is 8.42. The first-order valence-electron chi connectivity index (χ1n) is 9.46.